The molecule has 208 valence electrons. The van der Waals surface area contributed by atoms with E-state index < -0.39 is 0 Å². The van der Waals surface area contributed by atoms with E-state index in [-0.39, 0.29) is 90.5 Å². The van der Waals surface area contributed by atoms with Crippen molar-refractivity contribution in [2.45, 2.75) is 27.7 Å². The summed E-state index contributed by atoms with van der Waals surface area (Å²) in [7, 11) is 0. The Kier molecular flexibility index (Phi) is 26.5. The minimum absolute atomic E-state index is 0. The zero-order valence-electron chi connectivity index (χ0n) is 19.8. The van der Waals surface area contributed by atoms with Crippen molar-refractivity contribution in [3.63, 3.8) is 0 Å². The van der Waals surface area contributed by atoms with Crippen LogP contribution in [0.4, 0.5) is 0 Å². The number of aryl methyl sites for hydroxylation is 4. The van der Waals surface area contributed by atoms with Gasteiger partial charge in [0.05, 0.1) is 0 Å². The molecule has 4 heterocycles. The Hall–Kier alpha value is -2.12. The predicted octanol–water partition coefficient (Wildman–Crippen LogP) is 2.72. The molecule has 8 nitrogen and oxygen atoms in total. The summed E-state index contributed by atoms with van der Waals surface area (Å²) in [5, 5.41) is 0. The first-order chi connectivity index (χ1) is 15.2. The number of pyridine rings is 4. The zero-order valence-corrected chi connectivity index (χ0v) is 23.5. The van der Waals surface area contributed by atoms with Crippen molar-refractivity contribution in [3.8, 4) is 0 Å². The monoisotopic (exact) mass is 688 g/mol. The van der Waals surface area contributed by atoms with Crippen molar-refractivity contribution in [1.29, 1.82) is 0 Å². The fourth-order valence-electron chi connectivity index (χ4n) is 2.23. The summed E-state index contributed by atoms with van der Waals surface area (Å²) in [6.45, 7) is 7.39. The van der Waals surface area contributed by atoms with Gasteiger partial charge in [-0.05, 0) is 52.0 Å². The van der Waals surface area contributed by atoms with E-state index in [1.54, 1.807) is 24.3 Å². The molecule has 0 atom stereocenters. The van der Waals surface area contributed by atoms with Crippen LogP contribution in [0.2, 0.25) is 0 Å². The second-order valence-electron chi connectivity index (χ2n) is 6.79. The summed E-state index contributed by atoms with van der Waals surface area (Å²) >= 11 is 0. The van der Waals surface area contributed by atoms with Crippen LogP contribution in [0.15, 0.2) is 92.0 Å². The molecule has 4 aromatic rings. The number of aromatic nitrogens is 4. The average Bonchev–Trinajstić information content (AvgIpc) is 2.69. The zero-order chi connectivity index (χ0) is 23.9. The molecule has 0 bridgehead atoms. The number of hydrogen-bond acceptors (Lipinski definition) is 4. The van der Waals surface area contributed by atoms with Gasteiger partial charge in [0.2, 0.25) is 22.2 Å². The van der Waals surface area contributed by atoms with E-state index in [0.29, 0.717) is 0 Å². The number of nitrogens with one attached hydrogen (secondary N) is 4. The van der Waals surface area contributed by atoms with Crippen LogP contribution < -0.4 is 22.2 Å². The quantitative estimate of drug-likeness (QED) is 0.212. The first-order valence-corrected chi connectivity index (χ1v) is 9.79. The van der Waals surface area contributed by atoms with Gasteiger partial charge in [-0.3, -0.25) is 19.2 Å². The van der Waals surface area contributed by atoms with Gasteiger partial charge in [-0.25, -0.2) is 0 Å². The Morgan fingerprint density at radius 3 is 0.611 bits per heavy atom. The van der Waals surface area contributed by atoms with Crippen LogP contribution in [-0.4, -0.2) is 19.9 Å². The standard InChI is InChI=1S/4C6H7NO.4Cu/c4*1-5-3-2-4-6(8)7-5;;;;/h4*2-4H,1H3,(H,7,8);;;;/q;;;;4*+1. The summed E-state index contributed by atoms with van der Waals surface area (Å²) in [5.74, 6) is 0. The maximum absolute atomic E-state index is 10.4. The molecule has 4 aromatic heterocycles. The number of hydrogen-bond donors (Lipinski definition) is 4. The van der Waals surface area contributed by atoms with Crippen LogP contribution >= 0.6 is 0 Å². The van der Waals surface area contributed by atoms with E-state index in [1.807, 2.05) is 52.0 Å². The third-order valence-electron chi connectivity index (χ3n) is 3.66. The Bertz CT molecular complexity index is 1130. The molecular formula is C24H28Cu4N4O4+4. The predicted molar refractivity (Wildman–Crippen MR) is 127 cm³/mol. The summed E-state index contributed by atoms with van der Waals surface area (Å²) in [4.78, 5) is 52.2. The fourth-order valence-corrected chi connectivity index (χ4v) is 2.23. The van der Waals surface area contributed by atoms with E-state index in [9.17, 15) is 19.2 Å². The molecule has 0 unspecified atom stereocenters. The first kappa shape index (κ1) is 41.0. The SMILES string of the molecule is Cc1cccc(=O)[nH]1.Cc1cccc(=O)[nH]1.Cc1cccc(=O)[nH]1.Cc1cccc(=O)[nH]1.[Cu+].[Cu+].[Cu+].[Cu+]. The van der Waals surface area contributed by atoms with Gasteiger partial charge < -0.3 is 19.9 Å². The molecular weight excluding hydrogens is 662 g/mol. The molecule has 0 aliphatic rings. The van der Waals surface area contributed by atoms with Gasteiger partial charge >= 0.3 is 68.3 Å². The van der Waals surface area contributed by atoms with E-state index in [2.05, 4.69) is 19.9 Å². The molecule has 4 rings (SSSR count). The smallest absolute Gasteiger partial charge is 0.327 e. The van der Waals surface area contributed by atoms with E-state index in [1.165, 1.54) is 24.3 Å². The molecule has 0 fully saturated rings. The third kappa shape index (κ3) is 21.2. The van der Waals surface area contributed by atoms with Crippen molar-refractivity contribution in [1.82, 2.24) is 19.9 Å². The van der Waals surface area contributed by atoms with Crippen LogP contribution in [0.3, 0.4) is 0 Å². The van der Waals surface area contributed by atoms with Crippen LogP contribution in [0.5, 0.6) is 0 Å². The van der Waals surface area contributed by atoms with Gasteiger partial charge in [-0.1, -0.05) is 24.3 Å². The topological polar surface area (TPSA) is 131 Å². The fraction of sp³-hybridized carbons (Fsp3) is 0.167. The van der Waals surface area contributed by atoms with Crippen molar-refractivity contribution >= 4 is 0 Å². The van der Waals surface area contributed by atoms with Crippen LogP contribution in [0.25, 0.3) is 0 Å². The van der Waals surface area contributed by atoms with Crippen molar-refractivity contribution in [2.24, 2.45) is 0 Å². The third-order valence-corrected chi connectivity index (χ3v) is 3.66. The van der Waals surface area contributed by atoms with Crippen LogP contribution in [0, 0.1) is 27.7 Å². The summed E-state index contributed by atoms with van der Waals surface area (Å²) < 4.78 is 0. The van der Waals surface area contributed by atoms with E-state index in [4.69, 9.17) is 0 Å². The van der Waals surface area contributed by atoms with Gasteiger partial charge in [-0.15, -0.1) is 0 Å². The van der Waals surface area contributed by atoms with Crippen molar-refractivity contribution in [3.05, 3.63) is 137 Å². The van der Waals surface area contributed by atoms with Crippen molar-refractivity contribution < 1.29 is 68.3 Å². The number of aromatic amines is 4. The molecule has 12 heteroatoms. The van der Waals surface area contributed by atoms with Gasteiger partial charge in [0.15, 0.2) is 0 Å². The Labute approximate surface area is 251 Å². The van der Waals surface area contributed by atoms with Gasteiger partial charge in [0.1, 0.15) is 0 Å². The Morgan fingerprint density at radius 1 is 0.361 bits per heavy atom. The average molecular weight is 691 g/mol. The van der Waals surface area contributed by atoms with E-state index >= 15 is 0 Å². The van der Waals surface area contributed by atoms with Crippen LogP contribution in [-0.2, 0) is 68.3 Å². The molecule has 0 spiro atoms. The normalized spacial score (nSPS) is 8.11. The molecule has 4 N–H and O–H groups in total. The molecule has 0 saturated carbocycles. The van der Waals surface area contributed by atoms with Gasteiger partial charge in [-0.2, -0.15) is 0 Å². The largest absolute Gasteiger partial charge is 1.00 e. The maximum Gasteiger partial charge on any atom is 1.00 e. The first-order valence-electron chi connectivity index (χ1n) is 9.79. The minimum atomic E-state index is -0.0370. The van der Waals surface area contributed by atoms with E-state index in [0.717, 1.165) is 22.8 Å². The molecule has 0 aromatic carbocycles. The van der Waals surface area contributed by atoms with Crippen molar-refractivity contribution in [2.75, 3.05) is 0 Å². The maximum atomic E-state index is 10.4. The Morgan fingerprint density at radius 2 is 0.528 bits per heavy atom. The second kappa shape index (κ2) is 23.3. The minimum Gasteiger partial charge on any atom is -0.327 e. The van der Waals surface area contributed by atoms with Gasteiger partial charge in [0.25, 0.3) is 0 Å². The van der Waals surface area contributed by atoms with Crippen LogP contribution in [0.1, 0.15) is 22.8 Å². The summed E-state index contributed by atoms with van der Waals surface area (Å²) in [6.07, 6.45) is 0. The summed E-state index contributed by atoms with van der Waals surface area (Å²) in [6, 6.07) is 20.3. The molecule has 0 amide bonds. The number of H-pyrrole nitrogens is 4. The molecule has 0 saturated heterocycles. The molecule has 0 radical (unpaired) electrons. The van der Waals surface area contributed by atoms with Gasteiger partial charge in [0, 0.05) is 47.0 Å². The molecule has 0 aliphatic heterocycles. The summed E-state index contributed by atoms with van der Waals surface area (Å²) in [5.41, 5.74) is 3.45. The molecule has 36 heavy (non-hydrogen) atoms. The second-order valence-corrected chi connectivity index (χ2v) is 6.79. The Balaban J connectivity index is -0.000000183. The molecule has 0 aliphatic carbocycles. The number of rotatable bonds is 0.